The normalized spacial score (nSPS) is 11.1. The predicted molar refractivity (Wildman–Crippen MR) is 63.7 cm³/mol. The van der Waals surface area contributed by atoms with E-state index in [1.807, 2.05) is 0 Å². The molecule has 86 valence electrons. The Hall–Kier alpha value is -2.63. The molecule has 0 heterocycles. The third kappa shape index (κ3) is 2.00. The number of hydrogen-bond donors (Lipinski definition) is 4. The summed E-state index contributed by atoms with van der Waals surface area (Å²) in [4.78, 5) is 0. The van der Waals surface area contributed by atoms with E-state index in [0.717, 1.165) is 0 Å². The molecule has 0 fully saturated rings. The molecule has 0 unspecified atom stereocenters. The van der Waals surface area contributed by atoms with Gasteiger partial charge in [0.15, 0.2) is 11.5 Å². The second kappa shape index (κ2) is 4.09. The van der Waals surface area contributed by atoms with Crippen LogP contribution in [-0.2, 0) is 0 Å². The molecule has 6 nitrogen and oxygen atoms in total. The zero-order valence-corrected chi connectivity index (χ0v) is 8.75. The highest BCUT2D eigenvalue weighted by molar-refractivity contribution is 5.98. The summed E-state index contributed by atoms with van der Waals surface area (Å²) >= 11 is 0. The van der Waals surface area contributed by atoms with Crippen molar-refractivity contribution in [1.82, 2.24) is 0 Å². The molecule has 0 saturated heterocycles. The van der Waals surface area contributed by atoms with Crippen molar-refractivity contribution in [2.75, 3.05) is 0 Å². The van der Waals surface area contributed by atoms with Gasteiger partial charge in [-0.05, 0) is 0 Å². The second-order valence-electron chi connectivity index (χ2n) is 3.39. The van der Waals surface area contributed by atoms with Gasteiger partial charge in [-0.3, -0.25) is 5.41 Å². The first-order valence-electron chi connectivity index (χ1n) is 4.79. The van der Waals surface area contributed by atoms with E-state index in [2.05, 4.69) is 10.2 Å². The van der Waals surface area contributed by atoms with Gasteiger partial charge < -0.3 is 15.9 Å². The lowest BCUT2D eigenvalue weighted by molar-refractivity contribution is 0.408. The fourth-order valence-corrected chi connectivity index (χ4v) is 1.52. The van der Waals surface area contributed by atoms with Gasteiger partial charge in [0.05, 0.1) is 5.69 Å². The van der Waals surface area contributed by atoms with E-state index in [1.165, 1.54) is 6.07 Å². The minimum Gasteiger partial charge on any atom is -0.504 e. The summed E-state index contributed by atoms with van der Waals surface area (Å²) in [7, 11) is 0. The fraction of sp³-hybridized carbons (Fsp3) is 0. The van der Waals surface area contributed by atoms with E-state index < -0.39 is 5.96 Å². The maximum absolute atomic E-state index is 9.67. The molecule has 0 aliphatic carbocycles. The van der Waals surface area contributed by atoms with Gasteiger partial charge in [-0.15, -0.1) is 10.2 Å². The number of azo groups is 1. The number of nitrogens with two attached hydrogens (primary N) is 1. The van der Waals surface area contributed by atoms with Gasteiger partial charge in [0.2, 0.25) is 5.96 Å². The highest BCUT2D eigenvalue weighted by atomic mass is 16.3. The first kappa shape index (κ1) is 10.9. The lowest BCUT2D eigenvalue weighted by Gasteiger charge is -2.05. The Morgan fingerprint density at radius 1 is 1.18 bits per heavy atom. The van der Waals surface area contributed by atoms with Crippen LogP contribution >= 0.6 is 0 Å². The quantitative estimate of drug-likeness (QED) is 0.260. The number of nitrogens with one attached hydrogen (secondary N) is 1. The maximum atomic E-state index is 9.67. The van der Waals surface area contributed by atoms with Crippen LogP contribution in [0.2, 0.25) is 0 Å². The van der Waals surface area contributed by atoms with Gasteiger partial charge in [0.1, 0.15) is 0 Å². The molecule has 0 aliphatic heterocycles. The fourth-order valence-electron chi connectivity index (χ4n) is 1.52. The average molecular weight is 230 g/mol. The highest BCUT2D eigenvalue weighted by Crippen LogP contribution is 2.39. The molecule has 2 rings (SSSR count). The molecular formula is C11H10N4O2. The molecule has 5 N–H and O–H groups in total. The highest BCUT2D eigenvalue weighted by Gasteiger charge is 2.09. The Kier molecular flexibility index (Phi) is 2.61. The number of guanidine groups is 1. The molecule has 0 atom stereocenters. The van der Waals surface area contributed by atoms with Crippen LogP contribution < -0.4 is 5.73 Å². The number of nitrogens with zero attached hydrogens (tertiary/aromatic N) is 2. The third-order valence-electron chi connectivity index (χ3n) is 2.24. The van der Waals surface area contributed by atoms with E-state index in [9.17, 15) is 10.2 Å². The molecule has 0 radical (unpaired) electrons. The molecule has 2 aromatic carbocycles. The molecule has 0 bridgehead atoms. The molecule has 0 saturated carbocycles. The summed E-state index contributed by atoms with van der Waals surface area (Å²) in [5.41, 5.74) is 5.40. The molecule has 0 spiro atoms. The number of hydrogen-bond acceptors (Lipinski definition) is 4. The number of aromatic hydroxyl groups is 2. The number of phenolic OH excluding ortho intramolecular Hbond substituents is 2. The summed E-state index contributed by atoms with van der Waals surface area (Å²) in [5, 5.41) is 34.4. The summed E-state index contributed by atoms with van der Waals surface area (Å²) < 4.78 is 0. The summed E-state index contributed by atoms with van der Waals surface area (Å²) in [5.74, 6) is -0.926. The third-order valence-corrected chi connectivity index (χ3v) is 2.24. The summed E-state index contributed by atoms with van der Waals surface area (Å²) in [6.45, 7) is 0. The average Bonchev–Trinajstić information content (AvgIpc) is 2.32. The summed E-state index contributed by atoms with van der Waals surface area (Å²) in [6.07, 6.45) is 0. The standard InChI is InChI=1S/C11H10N4O2/c12-11(13)15-14-8-5-9(16)10(17)7-4-2-1-3-6(7)8/h1-5,16-17H,(H3,12,13). The number of fused-ring (bicyclic) bond motifs is 1. The Morgan fingerprint density at radius 2 is 1.82 bits per heavy atom. The van der Waals surface area contributed by atoms with Crippen molar-refractivity contribution in [3.63, 3.8) is 0 Å². The predicted octanol–water partition coefficient (Wildman–Crippen LogP) is 2.23. The molecule has 6 heteroatoms. The van der Waals surface area contributed by atoms with Crippen molar-refractivity contribution in [2.24, 2.45) is 16.0 Å². The van der Waals surface area contributed by atoms with Crippen molar-refractivity contribution < 1.29 is 10.2 Å². The molecule has 0 aliphatic rings. The first-order chi connectivity index (χ1) is 8.09. The van der Waals surface area contributed by atoms with Crippen LogP contribution in [0.15, 0.2) is 40.6 Å². The number of phenols is 2. The SMILES string of the molecule is N=C(N)N=Nc1cc(O)c(O)c2ccccc12. The molecule has 17 heavy (non-hydrogen) atoms. The van der Waals surface area contributed by atoms with E-state index in [-0.39, 0.29) is 11.5 Å². The van der Waals surface area contributed by atoms with Gasteiger partial charge in [-0.2, -0.15) is 0 Å². The largest absolute Gasteiger partial charge is 0.504 e. The molecular weight excluding hydrogens is 220 g/mol. The topological polar surface area (TPSA) is 115 Å². The van der Waals surface area contributed by atoms with Crippen LogP contribution in [0.25, 0.3) is 10.8 Å². The van der Waals surface area contributed by atoms with E-state index >= 15 is 0 Å². The zero-order valence-electron chi connectivity index (χ0n) is 8.75. The van der Waals surface area contributed by atoms with Crippen molar-refractivity contribution in [3.05, 3.63) is 30.3 Å². The smallest absolute Gasteiger partial charge is 0.232 e. The van der Waals surface area contributed by atoms with Crippen LogP contribution in [0, 0.1) is 5.41 Å². The number of rotatable bonds is 1. The number of benzene rings is 2. The molecule has 0 amide bonds. The minimum atomic E-state index is -0.429. The van der Waals surface area contributed by atoms with Gasteiger partial charge in [-0.1, -0.05) is 24.3 Å². The van der Waals surface area contributed by atoms with E-state index in [0.29, 0.717) is 16.5 Å². The van der Waals surface area contributed by atoms with Crippen molar-refractivity contribution in [3.8, 4) is 11.5 Å². The Morgan fingerprint density at radius 3 is 2.47 bits per heavy atom. The maximum Gasteiger partial charge on any atom is 0.232 e. The van der Waals surface area contributed by atoms with Crippen molar-refractivity contribution >= 4 is 22.4 Å². The molecule has 0 aromatic heterocycles. The first-order valence-corrected chi connectivity index (χ1v) is 4.79. The van der Waals surface area contributed by atoms with Crippen LogP contribution in [0.1, 0.15) is 0 Å². The van der Waals surface area contributed by atoms with Gasteiger partial charge >= 0.3 is 0 Å². The van der Waals surface area contributed by atoms with Crippen LogP contribution in [0.3, 0.4) is 0 Å². The Balaban J connectivity index is 2.71. The minimum absolute atomic E-state index is 0.206. The lowest BCUT2D eigenvalue weighted by atomic mass is 10.1. The molecule has 2 aromatic rings. The summed E-state index contributed by atoms with van der Waals surface area (Å²) in [6, 6.07) is 8.14. The monoisotopic (exact) mass is 230 g/mol. The van der Waals surface area contributed by atoms with Gasteiger partial charge in [-0.25, -0.2) is 0 Å². The van der Waals surface area contributed by atoms with Crippen LogP contribution in [-0.4, -0.2) is 16.2 Å². The van der Waals surface area contributed by atoms with Gasteiger partial charge in [0.25, 0.3) is 0 Å². The van der Waals surface area contributed by atoms with Gasteiger partial charge in [0, 0.05) is 16.8 Å². The lowest BCUT2D eigenvalue weighted by Crippen LogP contribution is -2.03. The Bertz CT molecular complexity index is 622. The van der Waals surface area contributed by atoms with Crippen molar-refractivity contribution in [2.45, 2.75) is 0 Å². The van der Waals surface area contributed by atoms with E-state index in [4.69, 9.17) is 11.1 Å². The second-order valence-corrected chi connectivity index (χ2v) is 3.39. The zero-order chi connectivity index (χ0) is 12.4. The van der Waals surface area contributed by atoms with Crippen LogP contribution in [0.4, 0.5) is 5.69 Å². The Labute approximate surface area is 96.5 Å². The van der Waals surface area contributed by atoms with E-state index in [1.54, 1.807) is 24.3 Å². The van der Waals surface area contributed by atoms with Crippen molar-refractivity contribution in [1.29, 1.82) is 5.41 Å². The van der Waals surface area contributed by atoms with Crippen LogP contribution in [0.5, 0.6) is 11.5 Å².